The van der Waals surface area contributed by atoms with Crippen LogP contribution in [0.25, 0.3) is 0 Å². The number of hydrogen-bond acceptors (Lipinski definition) is 3. The Balaban J connectivity index is 3.21. The Morgan fingerprint density at radius 3 is 1.88 bits per heavy atom. The quantitative estimate of drug-likeness (QED) is 0.823. The zero-order chi connectivity index (χ0) is 12.8. The van der Waals surface area contributed by atoms with Crippen LogP contribution in [0.4, 0.5) is 36.7 Å². The highest BCUT2D eigenvalue weighted by molar-refractivity contribution is 5.17. The number of nitrogens with two attached hydrogens (primary N) is 1. The predicted octanol–water partition coefficient (Wildman–Crippen LogP) is 2.55. The molecule has 1 aromatic heterocycles. The number of halogens is 7. The summed E-state index contributed by atoms with van der Waals surface area (Å²) >= 11 is 0. The second kappa shape index (κ2) is 3.25. The van der Waals surface area contributed by atoms with Gasteiger partial charge < -0.3 is 10.2 Å². The van der Waals surface area contributed by atoms with Gasteiger partial charge in [-0.05, 0) is 0 Å². The van der Waals surface area contributed by atoms with Crippen molar-refractivity contribution in [3.8, 4) is 0 Å². The summed E-state index contributed by atoms with van der Waals surface area (Å²) in [5.74, 6) is -13.8. The van der Waals surface area contributed by atoms with Gasteiger partial charge in [-0.1, -0.05) is 0 Å². The lowest BCUT2D eigenvalue weighted by atomic mass is 10.1. The first kappa shape index (κ1) is 12.6. The van der Waals surface area contributed by atoms with Gasteiger partial charge in [0.15, 0.2) is 0 Å². The Kier molecular flexibility index (Phi) is 2.56. The fourth-order valence-corrected chi connectivity index (χ4v) is 0.766. The number of nitrogens with zero attached hydrogens (tertiary/aromatic N) is 1. The fraction of sp³-hybridized carbons (Fsp3) is 0.500. The van der Waals surface area contributed by atoms with Crippen molar-refractivity contribution < 1.29 is 35.2 Å². The molecule has 2 N–H and O–H groups in total. The Labute approximate surface area is 83.0 Å². The van der Waals surface area contributed by atoms with Crippen LogP contribution < -0.4 is 5.73 Å². The van der Waals surface area contributed by atoms with E-state index < -0.39 is 29.8 Å². The average Bonchev–Trinajstić information content (AvgIpc) is 2.49. The molecule has 0 amide bonds. The number of rotatable bonds is 2. The summed E-state index contributed by atoms with van der Waals surface area (Å²) in [6, 6.07) is -0.937. The molecule has 0 aliphatic rings. The van der Waals surface area contributed by atoms with Crippen molar-refractivity contribution >= 4 is 6.01 Å². The predicted molar refractivity (Wildman–Crippen MR) is 35.8 cm³/mol. The molecule has 0 saturated carbocycles. The van der Waals surface area contributed by atoms with E-state index in [0.29, 0.717) is 0 Å². The Morgan fingerprint density at radius 1 is 1.06 bits per heavy atom. The van der Waals surface area contributed by atoms with Crippen molar-refractivity contribution in [3.05, 3.63) is 12.0 Å². The van der Waals surface area contributed by atoms with Crippen LogP contribution in [0.2, 0.25) is 0 Å². The fourth-order valence-electron chi connectivity index (χ4n) is 0.766. The largest absolute Gasteiger partial charge is 0.460 e. The first-order chi connectivity index (χ1) is 7.00. The molecule has 10 heteroatoms. The zero-order valence-electron chi connectivity index (χ0n) is 7.16. The van der Waals surface area contributed by atoms with Crippen molar-refractivity contribution in [1.82, 2.24) is 4.98 Å². The highest BCUT2D eigenvalue weighted by atomic mass is 19.4. The number of oxazole rings is 1. The SMILES string of the molecule is Nc1ncc(C(F)(F)C(F)(F)C(F)(F)F)o1. The maximum absolute atomic E-state index is 12.8. The minimum atomic E-state index is -6.42. The van der Waals surface area contributed by atoms with Crippen LogP contribution >= 0.6 is 0 Å². The number of aromatic nitrogens is 1. The van der Waals surface area contributed by atoms with E-state index in [4.69, 9.17) is 5.73 Å². The normalized spacial score (nSPS) is 14.2. The molecule has 3 nitrogen and oxygen atoms in total. The first-order valence-corrected chi connectivity index (χ1v) is 3.54. The summed E-state index contributed by atoms with van der Waals surface area (Å²) < 4.78 is 89.2. The smallest absolute Gasteiger partial charge is 0.422 e. The van der Waals surface area contributed by atoms with Crippen LogP contribution in [0.3, 0.4) is 0 Å². The van der Waals surface area contributed by atoms with Gasteiger partial charge in [-0.3, -0.25) is 0 Å². The van der Waals surface area contributed by atoms with Gasteiger partial charge in [-0.25, -0.2) is 4.98 Å². The van der Waals surface area contributed by atoms with E-state index in [9.17, 15) is 30.7 Å². The molecule has 0 aromatic carbocycles. The van der Waals surface area contributed by atoms with E-state index in [2.05, 4.69) is 9.40 Å². The highest BCUT2D eigenvalue weighted by Crippen LogP contribution is 2.51. The molecule has 0 bridgehead atoms. The molecule has 0 fully saturated rings. The van der Waals surface area contributed by atoms with Crippen LogP contribution in [-0.4, -0.2) is 17.1 Å². The van der Waals surface area contributed by atoms with Gasteiger partial charge in [0.2, 0.25) is 5.76 Å². The molecule has 16 heavy (non-hydrogen) atoms. The second-order valence-corrected chi connectivity index (χ2v) is 2.71. The molecule has 0 atom stereocenters. The van der Waals surface area contributed by atoms with Gasteiger partial charge in [0, 0.05) is 0 Å². The third kappa shape index (κ3) is 1.67. The lowest BCUT2D eigenvalue weighted by molar-refractivity contribution is -0.363. The van der Waals surface area contributed by atoms with Crippen LogP contribution in [0.15, 0.2) is 10.6 Å². The molecule has 0 aliphatic heterocycles. The molecule has 1 aromatic rings. The molecule has 92 valence electrons. The summed E-state index contributed by atoms with van der Waals surface area (Å²) in [6.45, 7) is 0. The van der Waals surface area contributed by atoms with Crippen molar-refractivity contribution in [2.75, 3.05) is 5.73 Å². The molecular formula is C6H3F7N2O. The maximum atomic E-state index is 12.8. The Hall–Kier alpha value is -1.48. The Bertz CT molecular complexity index is 382. The van der Waals surface area contributed by atoms with Gasteiger partial charge in [-0.15, -0.1) is 0 Å². The molecule has 0 saturated heterocycles. The number of anilines is 1. The summed E-state index contributed by atoms with van der Waals surface area (Å²) in [6.07, 6.45) is -6.41. The first-order valence-electron chi connectivity index (χ1n) is 3.54. The summed E-state index contributed by atoms with van der Waals surface area (Å²) in [5, 5.41) is 0. The van der Waals surface area contributed by atoms with E-state index in [1.54, 1.807) is 0 Å². The molecule has 0 unspecified atom stereocenters. The van der Waals surface area contributed by atoms with Crippen LogP contribution in [-0.2, 0) is 5.92 Å². The van der Waals surface area contributed by atoms with Crippen LogP contribution in [0.1, 0.15) is 5.76 Å². The van der Waals surface area contributed by atoms with Gasteiger partial charge in [0.05, 0.1) is 6.20 Å². The molecule has 1 rings (SSSR count). The van der Waals surface area contributed by atoms with E-state index in [1.165, 1.54) is 0 Å². The van der Waals surface area contributed by atoms with Gasteiger partial charge in [0.25, 0.3) is 6.01 Å². The zero-order valence-corrected chi connectivity index (χ0v) is 7.16. The minimum absolute atomic E-state index is 0.00891. The van der Waals surface area contributed by atoms with Crippen molar-refractivity contribution in [3.63, 3.8) is 0 Å². The topological polar surface area (TPSA) is 52.0 Å². The lowest BCUT2D eigenvalue weighted by Gasteiger charge is -2.26. The van der Waals surface area contributed by atoms with Gasteiger partial charge in [0.1, 0.15) is 0 Å². The number of alkyl halides is 7. The minimum Gasteiger partial charge on any atom is -0.422 e. The van der Waals surface area contributed by atoms with Gasteiger partial charge in [-0.2, -0.15) is 30.7 Å². The second-order valence-electron chi connectivity index (χ2n) is 2.71. The maximum Gasteiger partial charge on any atom is 0.460 e. The van der Waals surface area contributed by atoms with Crippen molar-refractivity contribution in [2.45, 2.75) is 18.0 Å². The summed E-state index contributed by atoms with van der Waals surface area (Å²) in [4.78, 5) is 2.81. The lowest BCUT2D eigenvalue weighted by Crippen LogP contribution is -2.49. The molecule has 0 aliphatic carbocycles. The van der Waals surface area contributed by atoms with E-state index in [-0.39, 0.29) is 6.20 Å². The highest BCUT2D eigenvalue weighted by Gasteiger charge is 2.75. The van der Waals surface area contributed by atoms with Crippen molar-refractivity contribution in [2.24, 2.45) is 0 Å². The molecule has 1 heterocycles. The average molecular weight is 252 g/mol. The van der Waals surface area contributed by atoms with E-state index >= 15 is 0 Å². The summed E-state index contributed by atoms with van der Waals surface area (Å²) in [7, 11) is 0. The molecule has 0 spiro atoms. The number of hydrogen-bond donors (Lipinski definition) is 1. The van der Waals surface area contributed by atoms with Gasteiger partial charge >= 0.3 is 18.0 Å². The summed E-state index contributed by atoms with van der Waals surface area (Å²) in [5.41, 5.74) is 4.69. The van der Waals surface area contributed by atoms with E-state index in [0.717, 1.165) is 0 Å². The molecular weight excluding hydrogens is 249 g/mol. The number of nitrogen functional groups attached to an aromatic ring is 1. The Morgan fingerprint density at radius 2 is 1.56 bits per heavy atom. The van der Waals surface area contributed by atoms with Crippen LogP contribution in [0, 0.1) is 0 Å². The third-order valence-corrected chi connectivity index (χ3v) is 1.58. The third-order valence-electron chi connectivity index (χ3n) is 1.58. The standard InChI is InChI=1S/C6H3F7N2O/c7-4(8,2-1-15-3(14)16-2)5(9,10)6(11,12)13/h1H,(H2,14,15). The van der Waals surface area contributed by atoms with E-state index in [1.807, 2.05) is 0 Å². The van der Waals surface area contributed by atoms with Crippen LogP contribution in [0.5, 0.6) is 0 Å². The van der Waals surface area contributed by atoms with Crippen molar-refractivity contribution in [1.29, 1.82) is 0 Å². The molecule has 0 radical (unpaired) electrons. The monoisotopic (exact) mass is 252 g/mol.